The van der Waals surface area contributed by atoms with E-state index in [0.29, 0.717) is 14.3 Å². The van der Waals surface area contributed by atoms with Crippen molar-refractivity contribution >= 4 is 20.1 Å². The molecule has 0 saturated heterocycles. The number of methoxy groups -OCH3 is 1. The molecule has 2 atom stereocenters. The van der Waals surface area contributed by atoms with Crippen molar-refractivity contribution in [2.45, 2.75) is 25.4 Å². The molecule has 1 N–H and O–H groups in total. The van der Waals surface area contributed by atoms with Crippen molar-refractivity contribution < 1.29 is 9.84 Å². The Morgan fingerprint density at radius 3 is 2.65 bits per heavy atom. The highest BCUT2D eigenvalue weighted by Gasteiger charge is 2.29. The van der Waals surface area contributed by atoms with E-state index in [9.17, 15) is 5.11 Å². The van der Waals surface area contributed by atoms with Crippen molar-refractivity contribution in [2.75, 3.05) is 14.2 Å². The van der Waals surface area contributed by atoms with Crippen LogP contribution in [-0.4, -0.2) is 25.5 Å². The molecule has 0 aliphatic heterocycles. The molecule has 122 valence electrons. The van der Waals surface area contributed by atoms with Gasteiger partial charge in [0.15, 0.2) is 0 Å². The molecule has 2 unspecified atom stereocenters. The van der Waals surface area contributed by atoms with Crippen LogP contribution in [0.5, 0.6) is 11.5 Å². The fourth-order valence-corrected chi connectivity index (χ4v) is 4.17. The summed E-state index contributed by atoms with van der Waals surface area (Å²) in [5.41, 5.74) is 2.07. The van der Waals surface area contributed by atoms with Gasteiger partial charge < -0.3 is 9.84 Å². The molecule has 0 spiro atoms. The lowest BCUT2D eigenvalue weighted by atomic mass is 9.96. The lowest BCUT2D eigenvalue weighted by Crippen LogP contribution is -2.20. The highest BCUT2D eigenvalue weighted by molar-refractivity contribution is 7.48. The van der Waals surface area contributed by atoms with Gasteiger partial charge in [-0.25, -0.2) is 0 Å². The standard InChI is InChI=1S/C19H24NO2P/c1-5-19(2,16-12-15(22-4)10-11-17(16)21)23-18-9-7-6-8-14(18)13-20-3/h6-13,21,23H,5H2,1-4H3. The average molecular weight is 329 g/mol. The summed E-state index contributed by atoms with van der Waals surface area (Å²) in [6.07, 6.45) is 2.81. The molecule has 2 aromatic rings. The van der Waals surface area contributed by atoms with Crippen LogP contribution < -0.4 is 10.0 Å². The van der Waals surface area contributed by atoms with Gasteiger partial charge in [-0.3, -0.25) is 4.99 Å². The average Bonchev–Trinajstić information content (AvgIpc) is 2.57. The van der Waals surface area contributed by atoms with E-state index in [1.165, 1.54) is 5.30 Å². The predicted octanol–water partition coefficient (Wildman–Crippen LogP) is 4.08. The number of hydrogen-bond acceptors (Lipinski definition) is 3. The predicted molar refractivity (Wildman–Crippen MR) is 100 cm³/mol. The molecule has 0 fully saturated rings. The number of ether oxygens (including phenoxy) is 1. The van der Waals surface area contributed by atoms with Crippen molar-refractivity contribution in [3.05, 3.63) is 53.6 Å². The minimum absolute atomic E-state index is 0.156. The molecular formula is C19H24NO2P. The van der Waals surface area contributed by atoms with Gasteiger partial charge in [-0.1, -0.05) is 46.7 Å². The zero-order valence-electron chi connectivity index (χ0n) is 14.1. The van der Waals surface area contributed by atoms with E-state index >= 15 is 0 Å². The summed E-state index contributed by atoms with van der Waals surface area (Å²) in [7, 11) is 3.95. The van der Waals surface area contributed by atoms with Crippen LogP contribution >= 0.6 is 8.58 Å². The van der Waals surface area contributed by atoms with E-state index in [4.69, 9.17) is 4.74 Å². The maximum atomic E-state index is 10.4. The minimum atomic E-state index is -0.156. The molecule has 0 aliphatic rings. The fraction of sp³-hybridized carbons (Fsp3) is 0.316. The van der Waals surface area contributed by atoms with Crippen molar-refractivity contribution in [1.82, 2.24) is 0 Å². The van der Waals surface area contributed by atoms with Crippen LogP contribution in [0.1, 0.15) is 31.4 Å². The third kappa shape index (κ3) is 3.92. The number of phenolic OH excluding ortho intramolecular Hbond substituents is 1. The first-order valence-electron chi connectivity index (χ1n) is 7.71. The smallest absolute Gasteiger partial charge is 0.119 e. The Bertz CT molecular complexity index is 700. The van der Waals surface area contributed by atoms with Crippen LogP contribution in [0.3, 0.4) is 0 Å². The number of aliphatic imine (C=N–C) groups is 1. The monoisotopic (exact) mass is 329 g/mol. The first kappa shape index (κ1) is 17.5. The zero-order valence-corrected chi connectivity index (χ0v) is 15.1. The zero-order chi connectivity index (χ0) is 16.9. The molecule has 23 heavy (non-hydrogen) atoms. The Morgan fingerprint density at radius 1 is 1.26 bits per heavy atom. The lowest BCUT2D eigenvalue weighted by molar-refractivity contribution is 0.408. The van der Waals surface area contributed by atoms with Crippen molar-refractivity contribution in [2.24, 2.45) is 4.99 Å². The summed E-state index contributed by atoms with van der Waals surface area (Å²) >= 11 is 0. The van der Waals surface area contributed by atoms with E-state index in [2.05, 4.69) is 37.0 Å². The number of phenols is 1. The largest absolute Gasteiger partial charge is 0.508 e. The molecule has 0 radical (unpaired) electrons. The third-order valence-electron chi connectivity index (χ3n) is 4.14. The fourth-order valence-electron chi connectivity index (χ4n) is 2.59. The maximum absolute atomic E-state index is 10.4. The van der Waals surface area contributed by atoms with Crippen LogP contribution in [-0.2, 0) is 5.16 Å². The van der Waals surface area contributed by atoms with E-state index in [0.717, 1.165) is 23.3 Å². The van der Waals surface area contributed by atoms with Crippen molar-refractivity contribution in [3.63, 3.8) is 0 Å². The summed E-state index contributed by atoms with van der Waals surface area (Å²) < 4.78 is 5.33. The van der Waals surface area contributed by atoms with Crippen LogP contribution in [0, 0.1) is 0 Å². The SMILES string of the molecule is CCC(C)(Pc1ccccc1C=NC)c1cc(OC)ccc1O. The molecule has 0 saturated carbocycles. The minimum Gasteiger partial charge on any atom is -0.508 e. The van der Waals surface area contributed by atoms with Crippen LogP contribution in [0.25, 0.3) is 0 Å². The quantitative estimate of drug-likeness (QED) is 0.641. The highest BCUT2D eigenvalue weighted by atomic mass is 31.1. The van der Waals surface area contributed by atoms with Gasteiger partial charge in [-0.05, 0) is 35.5 Å². The highest BCUT2D eigenvalue weighted by Crippen LogP contribution is 2.48. The van der Waals surface area contributed by atoms with E-state index < -0.39 is 0 Å². The van der Waals surface area contributed by atoms with Gasteiger partial charge in [0.25, 0.3) is 0 Å². The Balaban J connectivity index is 2.46. The lowest BCUT2D eigenvalue weighted by Gasteiger charge is -2.30. The van der Waals surface area contributed by atoms with Crippen LogP contribution in [0.15, 0.2) is 47.5 Å². The first-order valence-corrected chi connectivity index (χ1v) is 8.71. The van der Waals surface area contributed by atoms with Gasteiger partial charge in [0.1, 0.15) is 11.5 Å². The van der Waals surface area contributed by atoms with Gasteiger partial charge in [-0.2, -0.15) is 0 Å². The Labute approximate surface area is 140 Å². The number of nitrogens with zero attached hydrogens (tertiary/aromatic N) is 1. The van der Waals surface area contributed by atoms with Crippen LogP contribution in [0.4, 0.5) is 0 Å². The molecule has 0 heterocycles. The molecular weight excluding hydrogens is 305 g/mol. The topological polar surface area (TPSA) is 41.8 Å². The third-order valence-corrected chi connectivity index (χ3v) is 6.04. The molecule has 4 heteroatoms. The Hall–Kier alpha value is -1.86. The van der Waals surface area contributed by atoms with Crippen LogP contribution in [0.2, 0.25) is 0 Å². The van der Waals surface area contributed by atoms with Gasteiger partial charge in [0.05, 0.1) is 7.11 Å². The number of hydrogen-bond donors (Lipinski definition) is 1. The summed E-state index contributed by atoms with van der Waals surface area (Å²) in [4.78, 5) is 4.15. The van der Waals surface area contributed by atoms with E-state index in [1.54, 1.807) is 26.3 Å². The normalized spacial score (nSPS) is 14.4. The summed E-state index contributed by atoms with van der Waals surface area (Å²) in [6.45, 7) is 4.35. The van der Waals surface area contributed by atoms with Gasteiger partial charge in [0, 0.05) is 24.0 Å². The Kier molecular flexibility index (Phi) is 5.79. The summed E-state index contributed by atoms with van der Waals surface area (Å²) in [5, 5.41) is 11.5. The molecule has 0 bridgehead atoms. The summed E-state index contributed by atoms with van der Waals surface area (Å²) in [6, 6.07) is 13.7. The van der Waals surface area contributed by atoms with Crippen molar-refractivity contribution in [1.29, 1.82) is 0 Å². The van der Waals surface area contributed by atoms with Gasteiger partial charge in [0.2, 0.25) is 0 Å². The molecule has 2 aromatic carbocycles. The van der Waals surface area contributed by atoms with E-state index in [1.807, 2.05) is 18.3 Å². The summed E-state index contributed by atoms with van der Waals surface area (Å²) in [5.74, 6) is 1.09. The van der Waals surface area contributed by atoms with Gasteiger partial charge >= 0.3 is 0 Å². The second kappa shape index (κ2) is 7.61. The number of benzene rings is 2. The van der Waals surface area contributed by atoms with Crippen molar-refractivity contribution in [3.8, 4) is 11.5 Å². The second-order valence-corrected chi connectivity index (χ2v) is 7.56. The molecule has 0 aliphatic carbocycles. The second-order valence-electron chi connectivity index (χ2n) is 5.67. The van der Waals surface area contributed by atoms with E-state index in [-0.39, 0.29) is 5.16 Å². The molecule has 2 rings (SSSR count). The molecule has 0 amide bonds. The Morgan fingerprint density at radius 2 is 2.00 bits per heavy atom. The number of aromatic hydroxyl groups is 1. The number of rotatable bonds is 6. The molecule has 0 aromatic heterocycles. The molecule has 3 nitrogen and oxygen atoms in total. The first-order chi connectivity index (χ1) is 11.0. The maximum Gasteiger partial charge on any atom is 0.119 e. The van der Waals surface area contributed by atoms with Gasteiger partial charge in [-0.15, -0.1) is 0 Å².